The number of anilines is 1. The van der Waals surface area contributed by atoms with Crippen molar-refractivity contribution in [3.05, 3.63) is 76.5 Å². The third kappa shape index (κ3) is 4.13. The molecule has 0 amide bonds. The van der Waals surface area contributed by atoms with E-state index in [1.165, 1.54) is 11.3 Å². The monoisotopic (exact) mass is 393 g/mol. The number of benzene rings is 1. The van der Waals surface area contributed by atoms with Crippen molar-refractivity contribution in [2.75, 3.05) is 5.73 Å². The maximum Gasteiger partial charge on any atom is 0.180 e. The van der Waals surface area contributed by atoms with Crippen LogP contribution in [-0.4, -0.2) is 19.9 Å². The largest absolute Gasteiger partial charge is 0.375 e. The highest BCUT2D eigenvalue weighted by atomic mass is 35.5. The molecule has 0 aliphatic heterocycles. The van der Waals surface area contributed by atoms with Crippen molar-refractivity contribution in [2.24, 2.45) is 0 Å². The van der Waals surface area contributed by atoms with Crippen LogP contribution in [0.2, 0.25) is 5.02 Å². The van der Waals surface area contributed by atoms with E-state index in [0.717, 1.165) is 40.4 Å². The summed E-state index contributed by atoms with van der Waals surface area (Å²) in [7, 11) is 0. The van der Waals surface area contributed by atoms with Crippen LogP contribution in [-0.2, 0) is 12.8 Å². The summed E-state index contributed by atoms with van der Waals surface area (Å²) in [5, 5.41) is 1.24. The summed E-state index contributed by atoms with van der Waals surface area (Å²) in [5.41, 5.74) is 9.04. The van der Waals surface area contributed by atoms with Crippen molar-refractivity contribution >= 4 is 28.1 Å². The molecule has 4 aromatic rings. The Balaban J connectivity index is 1.73. The third-order valence-corrected chi connectivity index (χ3v) is 5.24. The lowest BCUT2D eigenvalue weighted by molar-refractivity contribution is 0.913. The Morgan fingerprint density at radius 2 is 1.78 bits per heavy atom. The quantitative estimate of drug-likeness (QED) is 0.532. The molecule has 0 aliphatic carbocycles. The topological polar surface area (TPSA) is 77.6 Å². The van der Waals surface area contributed by atoms with Gasteiger partial charge in [0, 0.05) is 33.6 Å². The number of aryl methyl sites for hydroxylation is 2. The maximum atomic E-state index is 6.39. The lowest BCUT2D eigenvalue weighted by Gasteiger charge is -2.09. The lowest BCUT2D eigenvalue weighted by Crippen LogP contribution is -2.01. The van der Waals surface area contributed by atoms with Crippen LogP contribution in [0.1, 0.15) is 10.6 Å². The SMILES string of the molecule is Nc1ncc(CCc2cc(-c3ccccc3Cl)nc(-c3ccccn3)n2)s1. The summed E-state index contributed by atoms with van der Waals surface area (Å²) < 4.78 is 0. The number of hydrogen-bond donors (Lipinski definition) is 1. The van der Waals surface area contributed by atoms with E-state index in [-0.39, 0.29) is 0 Å². The predicted molar refractivity (Wildman–Crippen MR) is 110 cm³/mol. The average molecular weight is 394 g/mol. The molecule has 0 radical (unpaired) electrons. The van der Waals surface area contributed by atoms with Crippen LogP contribution in [0.3, 0.4) is 0 Å². The Kier molecular flexibility index (Phi) is 5.09. The van der Waals surface area contributed by atoms with Gasteiger partial charge < -0.3 is 5.73 Å². The Morgan fingerprint density at radius 3 is 2.52 bits per heavy atom. The van der Waals surface area contributed by atoms with E-state index in [1.807, 2.05) is 54.7 Å². The van der Waals surface area contributed by atoms with Gasteiger partial charge >= 0.3 is 0 Å². The van der Waals surface area contributed by atoms with Gasteiger partial charge in [0.25, 0.3) is 0 Å². The smallest absolute Gasteiger partial charge is 0.180 e. The van der Waals surface area contributed by atoms with Crippen molar-refractivity contribution in [3.8, 4) is 22.8 Å². The Labute approximate surface area is 165 Å². The highest BCUT2D eigenvalue weighted by Crippen LogP contribution is 2.28. The fourth-order valence-electron chi connectivity index (χ4n) is 2.73. The summed E-state index contributed by atoms with van der Waals surface area (Å²) >= 11 is 7.89. The molecule has 2 N–H and O–H groups in total. The first kappa shape index (κ1) is 17.6. The minimum absolute atomic E-state index is 0.582. The number of halogens is 1. The average Bonchev–Trinajstić information content (AvgIpc) is 3.12. The predicted octanol–water partition coefficient (Wildman–Crippen LogP) is 4.68. The summed E-state index contributed by atoms with van der Waals surface area (Å²) in [6.45, 7) is 0. The number of aromatic nitrogens is 4. The molecule has 0 atom stereocenters. The van der Waals surface area contributed by atoms with Gasteiger partial charge in [0.1, 0.15) is 5.69 Å². The van der Waals surface area contributed by atoms with Gasteiger partial charge in [-0.1, -0.05) is 35.9 Å². The minimum Gasteiger partial charge on any atom is -0.375 e. The number of hydrogen-bond acceptors (Lipinski definition) is 6. The summed E-state index contributed by atoms with van der Waals surface area (Å²) in [5.74, 6) is 0.590. The number of rotatable bonds is 5. The molecule has 1 aromatic carbocycles. The standard InChI is InChI=1S/C20H16ClN5S/c21-16-6-2-1-5-15(16)18-11-13(8-9-14-12-24-20(22)27-14)25-19(26-18)17-7-3-4-10-23-17/h1-7,10-12H,8-9H2,(H2,22,24). The zero-order valence-corrected chi connectivity index (χ0v) is 15.9. The third-order valence-electron chi connectivity index (χ3n) is 4.02. The molecule has 7 heteroatoms. The van der Waals surface area contributed by atoms with E-state index in [2.05, 4.69) is 9.97 Å². The second kappa shape index (κ2) is 7.82. The van der Waals surface area contributed by atoms with Crippen molar-refractivity contribution in [3.63, 3.8) is 0 Å². The van der Waals surface area contributed by atoms with Gasteiger partial charge in [-0.25, -0.2) is 15.0 Å². The molecule has 0 fully saturated rings. The molecular formula is C20H16ClN5S. The van der Waals surface area contributed by atoms with E-state index in [4.69, 9.17) is 27.3 Å². The molecule has 5 nitrogen and oxygen atoms in total. The number of nitrogens with zero attached hydrogens (tertiary/aromatic N) is 4. The van der Waals surface area contributed by atoms with Crippen LogP contribution in [0.4, 0.5) is 5.13 Å². The van der Waals surface area contributed by atoms with Gasteiger partial charge in [0.05, 0.1) is 5.69 Å². The van der Waals surface area contributed by atoms with E-state index in [0.29, 0.717) is 16.0 Å². The first-order valence-corrected chi connectivity index (χ1v) is 9.63. The highest BCUT2D eigenvalue weighted by Gasteiger charge is 2.12. The Bertz CT molecular complexity index is 1060. The van der Waals surface area contributed by atoms with Gasteiger partial charge in [-0.15, -0.1) is 11.3 Å². The minimum atomic E-state index is 0.582. The van der Waals surface area contributed by atoms with Crippen LogP contribution in [0, 0.1) is 0 Å². The Morgan fingerprint density at radius 1 is 0.926 bits per heavy atom. The fourth-order valence-corrected chi connectivity index (χ4v) is 3.65. The van der Waals surface area contributed by atoms with Crippen LogP contribution in [0.5, 0.6) is 0 Å². The number of nitrogens with two attached hydrogens (primary N) is 1. The zero-order valence-electron chi connectivity index (χ0n) is 14.3. The molecule has 0 spiro atoms. The van der Waals surface area contributed by atoms with Crippen molar-refractivity contribution < 1.29 is 0 Å². The molecule has 0 unspecified atom stereocenters. The second-order valence-corrected chi connectivity index (χ2v) is 7.48. The normalized spacial score (nSPS) is 10.9. The highest BCUT2D eigenvalue weighted by molar-refractivity contribution is 7.15. The molecule has 134 valence electrons. The molecule has 0 bridgehead atoms. The molecular weight excluding hydrogens is 378 g/mol. The number of pyridine rings is 1. The molecule has 4 rings (SSSR count). The molecule has 3 heterocycles. The van der Waals surface area contributed by atoms with E-state index < -0.39 is 0 Å². The Hall–Kier alpha value is -2.83. The molecule has 0 saturated heterocycles. The first-order chi connectivity index (χ1) is 13.2. The van der Waals surface area contributed by atoms with E-state index >= 15 is 0 Å². The molecule has 0 saturated carbocycles. The summed E-state index contributed by atoms with van der Waals surface area (Å²) in [6, 6.07) is 15.4. The van der Waals surface area contributed by atoms with E-state index in [1.54, 1.807) is 6.20 Å². The fraction of sp³-hybridized carbons (Fsp3) is 0.100. The summed E-state index contributed by atoms with van der Waals surface area (Å²) in [6.07, 6.45) is 5.12. The molecule has 3 aromatic heterocycles. The van der Waals surface area contributed by atoms with Gasteiger partial charge in [-0.05, 0) is 37.1 Å². The van der Waals surface area contributed by atoms with Crippen LogP contribution in [0.25, 0.3) is 22.8 Å². The number of thiazole rings is 1. The lowest BCUT2D eigenvalue weighted by atomic mass is 10.1. The second-order valence-electron chi connectivity index (χ2n) is 5.93. The van der Waals surface area contributed by atoms with Crippen molar-refractivity contribution in [2.45, 2.75) is 12.8 Å². The summed E-state index contributed by atoms with van der Waals surface area (Å²) in [4.78, 5) is 19.0. The van der Waals surface area contributed by atoms with Crippen LogP contribution >= 0.6 is 22.9 Å². The van der Waals surface area contributed by atoms with Crippen molar-refractivity contribution in [1.82, 2.24) is 19.9 Å². The molecule has 0 aliphatic rings. The molecule has 27 heavy (non-hydrogen) atoms. The van der Waals surface area contributed by atoms with Gasteiger partial charge in [-0.3, -0.25) is 4.98 Å². The maximum absolute atomic E-state index is 6.39. The van der Waals surface area contributed by atoms with Crippen LogP contribution in [0.15, 0.2) is 60.9 Å². The van der Waals surface area contributed by atoms with E-state index in [9.17, 15) is 0 Å². The first-order valence-electron chi connectivity index (χ1n) is 8.43. The van der Waals surface area contributed by atoms with Gasteiger partial charge in [0.2, 0.25) is 0 Å². The zero-order chi connectivity index (χ0) is 18.6. The number of nitrogen functional groups attached to an aromatic ring is 1. The van der Waals surface area contributed by atoms with Gasteiger partial charge in [0.15, 0.2) is 11.0 Å². The van der Waals surface area contributed by atoms with Gasteiger partial charge in [-0.2, -0.15) is 0 Å². The van der Waals surface area contributed by atoms with Crippen LogP contribution < -0.4 is 5.73 Å². The van der Waals surface area contributed by atoms with Crippen molar-refractivity contribution in [1.29, 1.82) is 0 Å².